The van der Waals surface area contributed by atoms with Gasteiger partial charge in [-0.15, -0.1) is 0 Å². The zero-order valence-corrected chi connectivity index (χ0v) is 10.1. The summed E-state index contributed by atoms with van der Waals surface area (Å²) in [6, 6.07) is 0. The number of thioether (sulfide) groups is 1. The van der Waals surface area contributed by atoms with Crippen LogP contribution in [0.2, 0.25) is 0 Å². The maximum absolute atomic E-state index is 11.6. The standard InChI is InChI=1S/C11H19NO2S/c1-9-6-12(3-5-15-9)7-10-8-14-4-2-11(10)13/h9-10H,2-8H2,1H3. The van der Waals surface area contributed by atoms with Gasteiger partial charge in [-0.25, -0.2) is 0 Å². The lowest BCUT2D eigenvalue weighted by Crippen LogP contribution is -2.43. The van der Waals surface area contributed by atoms with Crippen molar-refractivity contribution in [1.82, 2.24) is 4.90 Å². The summed E-state index contributed by atoms with van der Waals surface area (Å²) in [6.07, 6.45) is 0.614. The Balaban J connectivity index is 1.81. The van der Waals surface area contributed by atoms with Gasteiger partial charge in [0.2, 0.25) is 0 Å². The van der Waals surface area contributed by atoms with Crippen LogP contribution in [0.25, 0.3) is 0 Å². The number of rotatable bonds is 2. The number of ketones is 1. The van der Waals surface area contributed by atoms with Crippen LogP contribution in [0.3, 0.4) is 0 Å². The third-order valence-electron chi connectivity index (χ3n) is 3.07. The van der Waals surface area contributed by atoms with E-state index in [9.17, 15) is 4.79 Å². The fourth-order valence-corrected chi connectivity index (χ4v) is 3.30. The van der Waals surface area contributed by atoms with E-state index in [0.29, 0.717) is 30.7 Å². The number of ether oxygens (including phenoxy) is 1. The van der Waals surface area contributed by atoms with Crippen molar-refractivity contribution in [3.63, 3.8) is 0 Å². The molecule has 0 spiro atoms. The van der Waals surface area contributed by atoms with E-state index in [-0.39, 0.29) is 5.92 Å². The molecule has 2 heterocycles. The highest BCUT2D eigenvalue weighted by Gasteiger charge is 2.26. The number of Topliss-reactive ketones (excluding diaryl/α,β-unsaturated/α-hetero) is 1. The molecule has 4 heteroatoms. The molecule has 0 radical (unpaired) electrons. The van der Waals surface area contributed by atoms with E-state index in [2.05, 4.69) is 11.8 Å². The Morgan fingerprint density at radius 3 is 3.20 bits per heavy atom. The van der Waals surface area contributed by atoms with E-state index < -0.39 is 0 Å². The van der Waals surface area contributed by atoms with Crippen LogP contribution in [0, 0.1) is 5.92 Å². The highest BCUT2D eigenvalue weighted by atomic mass is 32.2. The molecule has 0 bridgehead atoms. The maximum atomic E-state index is 11.6. The summed E-state index contributed by atoms with van der Waals surface area (Å²) in [7, 11) is 0. The minimum absolute atomic E-state index is 0.133. The van der Waals surface area contributed by atoms with E-state index in [1.807, 2.05) is 11.8 Å². The lowest BCUT2D eigenvalue weighted by atomic mass is 10.00. The third kappa shape index (κ3) is 3.20. The topological polar surface area (TPSA) is 29.5 Å². The average molecular weight is 229 g/mol. The van der Waals surface area contributed by atoms with Gasteiger partial charge < -0.3 is 9.64 Å². The van der Waals surface area contributed by atoms with E-state index >= 15 is 0 Å². The van der Waals surface area contributed by atoms with E-state index in [1.165, 1.54) is 5.75 Å². The fourth-order valence-electron chi connectivity index (χ4n) is 2.22. The van der Waals surface area contributed by atoms with Gasteiger partial charge in [0.25, 0.3) is 0 Å². The highest BCUT2D eigenvalue weighted by Crippen LogP contribution is 2.20. The van der Waals surface area contributed by atoms with Crippen LogP contribution in [-0.2, 0) is 9.53 Å². The summed E-state index contributed by atoms with van der Waals surface area (Å²) in [5.74, 6) is 1.73. The first-order valence-corrected chi connectivity index (χ1v) is 6.75. The Bertz CT molecular complexity index is 235. The maximum Gasteiger partial charge on any atom is 0.141 e. The van der Waals surface area contributed by atoms with Crippen LogP contribution in [-0.4, -0.2) is 54.5 Å². The van der Waals surface area contributed by atoms with Crippen LogP contribution < -0.4 is 0 Å². The second-order valence-electron chi connectivity index (χ2n) is 4.43. The summed E-state index contributed by atoms with van der Waals surface area (Å²) in [5.41, 5.74) is 0. The van der Waals surface area contributed by atoms with Crippen molar-refractivity contribution in [2.75, 3.05) is 38.6 Å². The first-order valence-electron chi connectivity index (χ1n) is 5.70. The summed E-state index contributed by atoms with van der Waals surface area (Å²) in [4.78, 5) is 14.1. The molecular formula is C11H19NO2S. The molecule has 2 aliphatic rings. The van der Waals surface area contributed by atoms with Gasteiger partial charge in [0.1, 0.15) is 5.78 Å². The minimum Gasteiger partial charge on any atom is -0.380 e. The molecule has 0 aromatic rings. The second kappa shape index (κ2) is 5.32. The van der Waals surface area contributed by atoms with Crippen molar-refractivity contribution in [2.24, 2.45) is 5.92 Å². The molecule has 0 aliphatic carbocycles. The predicted molar refractivity (Wildman–Crippen MR) is 62.3 cm³/mol. The van der Waals surface area contributed by atoms with Crippen molar-refractivity contribution in [1.29, 1.82) is 0 Å². The molecule has 0 aromatic carbocycles. The molecule has 2 unspecified atom stereocenters. The monoisotopic (exact) mass is 229 g/mol. The van der Waals surface area contributed by atoms with E-state index in [1.54, 1.807) is 0 Å². The number of hydrogen-bond acceptors (Lipinski definition) is 4. The van der Waals surface area contributed by atoms with Crippen LogP contribution in [0.1, 0.15) is 13.3 Å². The highest BCUT2D eigenvalue weighted by molar-refractivity contribution is 7.99. The quantitative estimate of drug-likeness (QED) is 0.707. The molecule has 2 rings (SSSR count). The number of hydrogen-bond donors (Lipinski definition) is 0. The summed E-state index contributed by atoms with van der Waals surface area (Å²) >= 11 is 2.03. The van der Waals surface area contributed by atoms with E-state index in [0.717, 1.165) is 19.6 Å². The number of carbonyl (C=O) groups is 1. The molecule has 2 atom stereocenters. The fraction of sp³-hybridized carbons (Fsp3) is 0.909. The van der Waals surface area contributed by atoms with Gasteiger partial charge >= 0.3 is 0 Å². The molecule has 15 heavy (non-hydrogen) atoms. The zero-order chi connectivity index (χ0) is 10.7. The Hall–Kier alpha value is -0.0600. The SMILES string of the molecule is CC1CN(CC2COCCC2=O)CCS1. The molecule has 2 aliphatic heterocycles. The average Bonchev–Trinajstić information content (AvgIpc) is 2.22. The molecule has 0 amide bonds. The Morgan fingerprint density at radius 2 is 2.47 bits per heavy atom. The molecular weight excluding hydrogens is 210 g/mol. The third-order valence-corrected chi connectivity index (χ3v) is 4.21. The predicted octanol–water partition coefficient (Wildman–Crippen LogP) is 1.03. The van der Waals surface area contributed by atoms with Gasteiger partial charge in [-0.05, 0) is 0 Å². The normalized spacial score (nSPS) is 34.3. The van der Waals surface area contributed by atoms with Crippen molar-refractivity contribution in [3.8, 4) is 0 Å². The molecule has 0 N–H and O–H groups in total. The summed E-state index contributed by atoms with van der Waals surface area (Å²) in [6.45, 7) is 6.67. The van der Waals surface area contributed by atoms with Crippen molar-refractivity contribution in [3.05, 3.63) is 0 Å². The zero-order valence-electron chi connectivity index (χ0n) is 9.28. The van der Waals surface area contributed by atoms with E-state index in [4.69, 9.17) is 4.74 Å². The van der Waals surface area contributed by atoms with Crippen molar-refractivity contribution < 1.29 is 9.53 Å². The first kappa shape index (κ1) is 11.4. The molecule has 0 saturated carbocycles. The van der Waals surface area contributed by atoms with Gasteiger partial charge in [0, 0.05) is 37.1 Å². The lowest BCUT2D eigenvalue weighted by Gasteiger charge is -2.33. The second-order valence-corrected chi connectivity index (χ2v) is 5.98. The molecule has 2 saturated heterocycles. The van der Waals surface area contributed by atoms with Crippen LogP contribution in [0.5, 0.6) is 0 Å². The molecule has 0 aromatic heterocycles. The van der Waals surface area contributed by atoms with Crippen LogP contribution in [0.15, 0.2) is 0 Å². The van der Waals surface area contributed by atoms with Gasteiger partial charge in [-0.2, -0.15) is 11.8 Å². The minimum atomic E-state index is 0.133. The van der Waals surface area contributed by atoms with Crippen LogP contribution >= 0.6 is 11.8 Å². The Labute approximate surface area is 95.5 Å². The van der Waals surface area contributed by atoms with Crippen molar-refractivity contribution >= 4 is 17.5 Å². The Morgan fingerprint density at radius 1 is 1.60 bits per heavy atom. The van der Waals surface area contributed by atoms with Gasteiger partial charge in [0.05, 0.1) is 19.1 Å². The molecule has 86 valence electrons. The molecule has 2 fully saturated rings. The smallest absolute Gasteiger partial charge is 0.141 e. The van der Waals surface area contributed by atoms with Crippen molar-refractivity contribution in [2.45, 2.75) is 18.6 Å². The molecule has 3 nitrogen and oxygen atoms in total. The first-order chi connectivity index (χ1) is 7.25. The Kier molecular flexibility index (Phi) is 4.05. The summed E-state index contributed by atoms with van der Waals surface area (Å²) < 4.78 is 5.37. The summed E-state index contributed by atoms with van der Waals surface area (Å²) in [5, 5.41) is 0.707. The van der Waals surface area contributed by atoms with Gasteiger partial charge in [0.15, 0.2) is 0 Å². The van der Waals surface area contributed by atoms with Gasteiger partial charge in [-0.3, -0.25) is 4.79 Å². The number of nitrogens with zero attached hydrogens (tertiary/aromatic N) is 1. The van der Waals surface area contributed by atoms with Gasteiger partial charge in [-0.1, -0.05) is 6.92 Å². The number of carbonyl (C=O) groups excluding carboxylic acids is 1. The lowest BCUT2D eigenvalue weighted by molar-refractivity contribution is -0.131. The largest absolute Gasteiger partial charge is 0.380 e. The van der Waals surface area contributed by atoms with Crippen LogP contribution in [0.4, 0.5) is 0 Å².